The van der Waals surface area contributed by atoms with E-state index in [-0.39, 0.29) is 6.04 Å². The molecule has 1 fully saturated rings. The van der Waals surface area contributed by atoms with Gasteiger partial charge < -0.3 is 23.8 Å². The summed E-state index contributed by atoms with van der Waals surface area (Å²) in [6.45, 7) is 6.42. The second-order valence-corrected chi connectivity index (χ2v) is 9.19. The highest BCUT2D eigenvalue weighted by atomic mass is 16.5. The van der Waals surface area contributed by atoms with Gasteiger partial charge in [-0.25, -0.2) is 9.97 Å². The summed E-state index contributed by atoms with van der Waals surface area (Å²) < 4.78 is 19.2. The van der Waals surface area contributed by atoms with Gasteiger partial charge >= 0.3 is 0 Å². The summed E-state index contributed by atoms with van der Waals surface area (Å²) in [5.74, 6) is 2.57. The zero-order valence-corrected chi connectivity index (χ0v) is 21.4. The zero-order valence-electron chi connectivity index (χ0n) is 21.4. The van der Waals surface area contributed by atoms with E-state index in [9.17, 15) is 0 Å². The molecular formula is C30H31N5O3. The molecule has 4 heterocycles. The van der Waals surface area contributed by atoms with Crippen LogP contribution in [-0.4, -0.2) is 58.9 Å². The molecule has 1 aliphatic heterocycles. The maximum atomic E-state index is 5.84. The molecule has 0 saturated carbocycles. The number of rotatable bonds is 9. The third kappa shape index (κ3) is 4.88. The average molecular weight is 510 g/mol. The van der Waals surface area contributed by atoms with E-state index in [2.05, 4.69) is 57.4 Å². The van der Waals surface area contributed by atoms with Gasteiger partial charge in [0.1, 0.15) is 23.7 Å². The molecule has 8 heteroatoms. The Labute approximate surface area is 221 Å². The smallest absolute Gasteiger partial charge is 0.150 e. The molecule has 194 valence electrons. The average Bonchev–Trinajstić information content (AvgIpc) is 3.64. The number of aromatic nitrogens is 3. The molecule has 0 amide bonds. The first kappa shape index (κ1) is 24.2. The van der Waals surface area contributed by atoms with Crippen LogP contribution in [0.4, 0.5) is 5.82 Å². The third-order valence-electron chi connectivity index (χ3n) is 6.91. The summed E-state index contributed by atoms with van der Waals surface area (Å²) in [6.07, 6.45) is 5.50. The molecule has 2 aromatic carbocycles. The number of furan rings is 1. The van der Waals surface area contributed by atoms with Crippen molar-refractivity contribution in [2.24, 2.45) is 0 Å². The SMILES string of the molecule is CCOc1ccc(-n2cc(-c3ccccc3)c3c(NC[C@H](c4ccco4)N4CCOCC4)ncnc32)cc1. The van der Waals surface area contributed by atoms with Gasteiger partial charge in [0.2, 0.25) is 0 Å². The van der Waals surface area contributed by atoms with Crippen molar-refractivity contribution in [2.75, 3.05) is 44.8 Å². The Bertz CT molecular complexity index is 1460. The Morgan fingerprint density at radius 1 is 0.974 bits per heavy atom. The number of nitrogens with zero attached hydrogens (tertiary/aromatic N) is 4. The second-order valence-electron chi connectivity index (χ2n) is 9.19. The lowest BCUT2D eigenvalue weighted by molar-refractivity contribution is 0.0144. The number of nitrogens with one attached hydrogen (secondary N) is 1. The number of anilines is 1. The van der Waals surface area contributed by atoms with Crippen LogP contribution in [0.25, 0.3) is 27.8 Å². The third-order valence-corrected chi connectivity index (χ3v) is 6.91. The van der Waals surface area contributed by atoms with Crippen molar-refractivity contribution in [3.05, 3.63) is 91.3 Å². The number of morpholine rings is 1. The normalized spacial score (nSPS) is 15.0. The summed E-state index contributed by atoms with van der Waals surface area (Å²) in [5.41, 5.74) is 4.02. The van der Waals surface area contributed by atoms with E-state index in [1.807, 2.05) is 37.3 Å². The Morgan fingerprint density at radius 2 is 1.79 bits per heavy atom. The van der Waals surface area contributed by atoms with Gasteiger partial charge in [-0.3, -0.25) is 4.90 Å². The molecule has 1 aliphatic rings. The maximum absolute atomic E-state index is 5.84. The minimum Gasteiger partial charge on any atom is -0.494 e. The molecule has 5 aromatic rings. The number of hydrogen-bond donors (Lipinski definition) is 1. The van der Waals surface area contributed by atoms with Gasteiger partial charge in [0, 0.05) is 37.1 Å². The summed E-state index contributed by atoms with van der Waals surface area (Å²) >= 11 is 0. The standard InChI is InChI=1S/C30H31N5O3/c1-2-37-24-12-10-23(11-13-24)35-20-25(22-7-4-3-5-8-22)28-29(32-21-33-30(28)35)31-19-26(27-9-6-16-38-27)34-14-17-36-18-15-34/h3-13,16,20-21,26H,2,14-15,17-19H2,1H3,(H,31,32,33)/t26-/m1/s1. The number of benzene rings is 2. The van der Waals surface area contributed by atoms with Crippen LogP contribution in [-0.2, 0) is 4.74 Å². The van der Waals surface area contributed by atoms with Crippen molar-refractivity contribution in [3.8, 4) is 22.6 Å². The molecule has 8 nitrogen and oxygen atoms in total. The predicted octanol–water partition coefficient (Wildman–Crippen LogP) is 5.56. The Morgan fingerprint density at radius 3 is 2.53 bits per heavy atom. The van der Waals surface area contributed by atoms with E-state index < -0.39 is 0 Å². The predicted molar refractivity (Wildman–Crippen MR) is 148 cm³/mol. The highest BCUT2D eigenvalue weighted by Crippen LogP contribution is 2.36. The van der Waals surface area contributed by atoms with Crippen LogP contribution in [0, 0.1) is 0 Å². The van der Waals surface area contributed by atoms with Crippen LogP contribution in [0.1, 0.15) is 18.7 Å². The first-order valence-electron chi connectivity index (χ1n) is 13.1. The van der Waals surface area contributed by atoms with Crippen LogP contribution < -0.4 is 10.1 Å². The molecule has 0 radical (unpaired) electrons. The van der Waals surface area contributed by atoms with Crippen molar-refractivity contribution < 1.29 is 13.9 Å². The zero-order chi connectivity index (χ0) is 25.7. The minimum absolute atomic E-state index is 0.0623. The lowest BCUT2D eigenvalue weighted by atomic mass is 10.1. The van der Waals surface area contributed by atoms with E-state index in [0.717, 1.165) is 71.5 Å². The Kier molecular flexibility index (Phi) is 7.06. The first-order valence-corrected chi connectivity index (χ1v) is 13.1. The quantitative estimate of drug-likeness (QED) is 0.279. The minimum atomic E-state index is 0.0623. The van der Waals surface area contributed by atoms with Crippen molar-refractivity contribution in [1.82, 2.24) is 19.4 Å². The van der Waals surface area contributed by atoms with Crippen molar-refractivity contribution in [3.63, 3.8) is 0 Å². The van der Waals surface area contributed by atoms with Crippen LogP contribution in [0.5, 0.6) is 5.75 Å². The molecule has 0 bridgehead atoms. The molecular weight excluding hydrogens is 478 g/mol. The van der Waals surface area contributed by atoms with E-state index >= 15 is 0 Å². The van der Waals surface area contributed by atoms with Gasteiger partial charge in [-0.1, -0.05) is 30.3 Å². The first-order chi connectivity index (χ1) is 18.8. The molecule has 0 unspecified atom stereocenters. The van der Waals surface area contributed by atoms with E-state index in [1.54, 1.807) is 12.6 Å². The summed E-state index contributed by atoms with van der Waals surface area (Å²) in [4.78, 5) is 11.8. The van der Waals surface area contributed by atoms with E-state index in [0.29, 0.717) is 13.2 Å². The number of fused-ring (bicyclic) bond motifs is 1. The lowest BCUT2D eigenvalue weighted by Gasteiger charge is -2.33. The molecule has 1 saturated heterocycles. The molecule has 6 rings (SSSR count). The van der Waals surface area contributed by atoms with Crippen LogP contribution in [0.2, 0.25) is 0 Å². The fourth-order valence-electron chi connectivity index (χ4n) is 5.07. The monoisotopic (exact) mass is 509 g/mol. The lowest BCUT2D eigenvalue weighted by Crippen LogP contribution is -2.41. The molecule has 0 spiro atoms. The second kappa shape index (κ2) is 11.1. The number of hydrogen-bond acceptors (Lipinski definition) is 7. The summed E-state index contributed by atoms with van der Waals surface area (Å²) in [6, 6.07) is 22.5. The topological polar surface area (TPSA) is 77.6 Å². The molecule has 1 atom stereocenters. The van der Waals surface area contributed by atoms with Crippen LogP contribution in [0.3, 0.4) is 0 Å². The Balaban J connectivity index is 1.40. The van der Waals surface area contributed by atoms with Gasteiger partial charge in [0.25, 0.3) is 0 Å². The van der Waals surface area contributed by atoms with Gasteiger partial charge in [-0.05, 0) is 48.9 Å². The van der Waals surface area contributed by atoms with E-state index in [1.165, 1.54) is 0 Å². The van der Waals surface area contributed by atoms with Gasteiger partial charge in [0.05, 0.1) is 37.5 Å². The number of ether oxygens (including phenoxy) is 2. The van der Waals surface area contributed by atoms with Gasteiger partial charge in [-0.15, -0.1) is 0 Å². The maximum Gasteiger partial charge on any atom is 0.150 e. The summed E-state index contributed by atoms with van der Waals surface area (Å²) in [5, 5.41) is 4.63. The molecule has 0 aliphatic carbocycles. The molecule has 38 heavy (non-hydrogen) atoms. The highest BCUT2D eigenvalue weighted by molar-refractivity contribution is 6.02. The summed E-state index contributed by atoms with van der Waals surface area (Å²) in [7, 11) is 0. The van der Waals surface area contributed by atoms with Crippen LogP contribution >= 0.6 is 0 Å². The largest absolute Gasteiger partial charge is 0.494 e. The fourth-order valence-corrected chi connectivity index (χ4v) is 5.07. The van der Waals surface area contributed by atoms with Gasteiger partial charge in [0.15, 0.2) is 5.65 Å². The fraction of sp³-hybridized carbons (Fsp3) is 0.267. The van der Waals surface area contributed by atoms with Crippen molar-refractivity contribution in [1.29, 1.82) is 0 Å². The molecule has 1 N–H and O–H groups in total. The van der Waals surface area contributed by atoms with Crippen molar-refractivity contribution >= 4 is 16.9 Å². The highest BCUT2D eigenvalue weighted by Gasteiger charge is 2.26. The van der Waals surface area contributed by atoms with Crippen molar-refractivity contribution in [2.45, 2.75) is 13.0 Å². The Hall–Kier alpha value is -4.14. The van der Waals surface area contributed by atoms with E-state index in [4.69, 9.17) is 23.9 Å². The molecule has 3 aromatic heterocycles. The van der Waals surface area contributed by atoms with Gasteiger partial charge in [-0.2, -0.15) is 0 Å². The van der Waals surface area contributed by atoms with Crippen LogP contribution in [0.15, 0.2) is 89.9 Å².